The molecule has 2 aromatic carbocycles. The zero-order chi connectivity index (χ0) is 22.4. The Balaban J connectivity index is 1.53. The highest BCUT2D eigenvalue weighted by Gasteiger charge is 2.19. The lowest BCUT2D eigenvalue weighted by Gasteiger charge is -2.27. The Bertz CT molecular complexity index is 973. The van der Waals surface area contributed by atoms with Gasteiger partial charge in [-0.05, 0) is 55.0 Å². The Morgan fingerprint density at radius 2 is 1.94 bits per heavy atom. The molecule has 2 aromatic rings. The number of hydrogen-bond acceptors (Lipinski definition) is 5. The Hall–Kier alpha value is -2.39. The molecule has 10 heteroatoms. The van der Waals surface area contributed by atoms with Gasteiger partial charge in [-0.1, -0.05) is 29.3 Å². The summed E-state index contributed by atoms with van der Waals surface area (Å²) < 4.78 is 10.8. The van der Waals surface area contributed by atoms with Crippen LogP contribution in [-0.2, 0) is 9.53 Å². The third-order valence-corrected chi connectivity index (χ3v) is 5.16. The predicted octanol–water partition coefficient (Wildman–Crippen LogP) is 3.67. The first-order valence-corrected chi connectivity index (χ1v) is 10.7. The SMILES string of the molecule is Cc1cc(Cl)cc(Cl)c1OCC(=O)NC(=S)Nc1cccc(C(=O)N2CCOCC2)c1. The van der Waals surface area contributed by atoms with Gasteiger partial charge in [0.2, 0.25) is 0 Å². The Morgan fingerprint density at radius 1 is 1.19 bits per heavy atom. The van der Waals surface area contributed by atoms with Crippen molar-refractivity contribution in [2.45, 2.75) is 6.92 Å². The van der Waals surface area contributed by atoms with Crippen LogP contribution in [0.2, 0.25) is 10.0 Å². The first-order valence-electron chi connectivity index (χ1n) is 9.50. The number of morpholine rings is 1. The van der Waals surface area contributed by atoms with Gasteiger partial charge < -0.3 is 19.7 Å². The lowest BCUT2D eigenvalue weighted by atomic mass is 10.1. The fourth-order valence-electron chi connectivity index (χ4n) is 3.01. The van der Waals surface area contributed by atoms with E-state index in [1.165, 1.54) is 0 Å². The van der Waals surface area contributed by atoms with Crippen LogP contribution in [0.5, 0.6) is 5.75 Å². The van der Waals surface area contributed by atoms with Crippen molar-refractivity contribution in [3.63, 3.8) is 0 Å². The number of carbonyl (C=O) groups excluding carboxylic acids is 2. The number of thiocarbonyl (C=S) groups is 1. The summed E-state index contributed by atoms with van der Waals surface area (Å²) in [5.41, 5.74) is 1.83. The van der Waals surface area contributed by atoms with E-state index in [1.807, 2.05) is 0 Å². The van der Waals surface area contributed by atoms with Gasteiger partial charge in [-0.25, -0.2) is 0 Å². The molecule has 2 N–H and O–H groups in total. The number of nitrogens with one attached hydrogen (secondary N) is 2. The molecule has 1 fully saturated rings. The number of rotatable bonds is 5. The summed E-state index contributed by atoms with van der Waals surface area (Å²) >= 11 is 17.2. The standard InChI is InChI=1S/C21H21Cl2N3O4S/c1-13-9-15(22)11-17(23)19(13)30-12-18(27)25-21(31)24-16-4-2-3-14(10-16)20(28)26-5-7-29-8-6-26/h2-4,9-11H,5-8,12H2,1H3,(H2,24,25,27,31). The summed E-state index contributed by atoms with van der Waals surface area (Å²) in [6.45, 7) is 3.68. The number of benzene rings is 2. The van der Waals surface area contributed by atoms with Crippen LogP contribution >= 0.6 is 35.4 Å². The van der Waals surface area contributed by atoms with Crippen molar-refractivity contribution >= 4 is 58.0 Å². The van der Waals surface area contributed by atoms with E-state index in [0.29, 0.717) is 58.9 Å². The molecule has 164 valence electrons. The largest absolute Gasteiger partial charge is 0.482 e. The molecule has 0 radical (unpaired) electrons. The van der Waals surface area contributed by atoms with Crippen molar-refractivity contribution in [3.05, 3.63) is 57.6 Å². The maximum atomic E-state index is 12.6. The predicted molar refractivity (Wildman–Crippen MR) is 124 cm³/mol. The van der Waals surface area contributed by atoms with E-state index in [9.17, 15) is 9.59 Å². The summed E-state index contributed by atoms with van der Waals surface area (Å²) in [6, 6.07) is 10.1. The molecule has 0 aromatic heterocycles. The molecule has 0 spiro atoms. The number of carbonyl (C=O) groups is 2. The smallest absolute Gasteiger partial charge is 0.264 e. The lowest BCUT2D eigenvalue weighted by molar-refractivity contribution is -0.121. The summed E-state index contributed by atoms with van der Waals surface area (Å²) in [5.74, 6) is -0.150. The molecule has 2 amide bonds. The zero-order valence-corrected chi connectivity index (χ0v) is 19.1. The van der Waals surface area contributed by atoms with E-state index in [2.05, 4.69) is 10.6 Å². The summed E-state index contributed by atoms with van der Waals surface area (Å²) in [7, 11) is 0. The van der Waals surface area contributed by atoms with Gasteiger partial charge in [0, 0.05) is 29.4 Å². The number of amides is 2. The molecule has 0 saturated carbocycles. The molecule has 3 rings (SSSR count). The normalized spacial score (nSPS) is 13.5. The third-order valence-electron chi connectivity index (χ3n) is 4.46. The van der Waals surface area contributed by atoms with Crippen LogP contribution in [0.4, 0.5) is 5.69 Å². The summed E-state index contributed by atoms with van der Waals surface area (Å²) in [5, 5.41) is 6.33. The van der Waals surface area contributed by atoms with E-state index in [0.717, 1.165) is 0 Å². The van der Waals surface area contributed by atoms with Crippen LogP contribution in [0.1, 0.15) is 15.9 Å². The average Bonchev–Trinajstić information content (AvgIpc) is 2.73. The van der Waals surface area contributed by atoms with Crippen molar-refractivity contribution in [3.8, 4) is 5.75 Å². The molecule has 1 aliphatic rings. The van der Waals surface area contributed by atoms with Gasteiger partial charge >= 0.3 is 0 Å². The van der Waals surface area contributed by atoms with Gasteiger partial charge in [0.05, 0.1) is 18.2 Å². The van der Waals surface area contributed by atoms with E-state index < -0.39 is 5.91 Å². The Labute approximate surface area is 195 Å². The first-order chi connectivity index (χ1) is 14.8. The highest BCUT2D eigenvalue weighted by atomic mass is 35.5. The van der Waals surface area contributed by atoms with E-state index >= 15 is 0 Å². The minimum atomic E-state index is -0.455. The number of anilines is 1. The van der Waals surface area contributed by atoms with Crippen molar-refractivity contribution in [1.29, 1.82) is 0 Å². The third kappa shape index (κ3) is 6.54. The van der Waals surface area contributed by atoms with Gasteiger partial charge in [0.25, 0.3) is 11.8 Å². The molecule has 1 heterocycles. The van der Waals surface area contributed by atoms with Gasteiger partial charge in [-0.15, -0.1) is 0 Å². The first kappa shape index (κ1) is 23.3. The zero-order valence-electron chi connectivity index (χ0n) is 16.7. The van der Waals surface area contributed by atoms with Crippen LogP contribution in [0, 0.1) is 6.92 Å². The van der Waals surface area contributed by atoms with Crippen molar-refractivity contribution in [1.82, 2.24) is 10.2 Å². The van der Waals surface area contributed by atoms with Gasteiger partial charge in [-0.3, -0.25) is 14.9 Å². The molecule has 1 saturated heterocycles. The van der Waals surface area contributed by atoms with E-state index in [-0.39, 0.29) is 17.6 Å². The van der Waals surface area contributed by atoms with Crippen LogP contribution in [0.15, 0.2) is 36.4 Å². The second-order valence-corrected chi connectivity index (χ2v) is 8.06. The quantitative estimate of drug-likeness (QED) is 0.634. The number of ether oxygens (including phenoxy) is 2. The molecule has 1 aliphatic heterocycles. The van der Waals surface area contributed by atoms with Crippen LogP contribution < -0.4 is 15.4 Å². The molecular formula is C21H21Cl2N3O4S. The average molecular weight is 482 g/mol. The molecular weight excluding hydrogens is 461 g/mol. The van der Waals surface area contributed by atoms with Crippen molar-refractivity contribution in [2.24, 2.45) is 0 Å². The maximum absolute atomic E-state index is 12.6. The second-order valence-electron chi connectivity index (χ2n) is 6.81. The van der Waals surface area contributed by atoms with E-state index in [1.54, 1.807) is 48.2 Å². The van der Waals surface area contributed by atoms with Crippen LogP contribution in [0.25, 0.3) is 0 Å². The van der Waals surface area contributed by atoms with Gasteiger partial charge in [0.15, 0.2) is 11.7 Å². The lowest BCUT2D eigenvalue weighted by Crippen LogP contribution is -2.40. The van der Waals surface area contributed by atoms with Gasteiger partial charge in [0.1, 0.15) is 5.75 Å². The number of hydrogen-bond donors (Lipinski definition) is 2. The summed E-state index contributed by atoms with van der Waals surface area (Å²) in [6.07, 6.45) is 0. The highest BCUT2D eigenvalue weighted by Crippen LogP contribution is 2.31. The molecule has 0 atom stereocenters. The fourth-order valence-corrected chi connectivity index (χ4v) is 3.90. The van der Waals surface area contributed by atoms with Crippen LogP contribution in [-0.4, -0.2) is 54.7 Å². The number of nitrogens with zero attached hydrogens (tertiary/aromatic N) is 1. The summed E-state index contributed by atoms with van der Waals surface area (Å²) in [4.78, 5) is 26.5. The molecule has 7 nitrogen and oxygen atoms in total. The Morgan fingerprint density at radius 3 is 2.65 bits per heavy atom. The van der Waals surface area contributed by atoms with Crippen molar-refractivity contribution in [2.75, 3.05) is 38.2 Å². The topological polar surface area (TPSA) is 79.9 Å². The van der Waals surface area contributed by atoms with Gasteiger partial charge in [-0.2, -0.15) is 0 Å². The Kier molecular flexibility index (Phi) is 8.09. The minimum absolute atomic E-state index is 0.0782. The second kappa shape index (κ2) is 10.8. The maximum Gasteiger partial charge on any atom is 0.264 e. The number of aryl methyl sites for hydroxylation is 1. The highest BCUT2D eigenvalue weighted by molar-refractivity contribution is 7.80. The molecule has 0 bridgehead atoms. The van der Waals surface area contributed by atoms with E-state index in [4.69, 9.17) is 44.9 Å². The fraction of sp³-hybridized carbons (Fsp3) is 0.286. The monoisotopic (exact) mass is 481 g/mol. The number of halogens is 2. The van der Waals surface area contributed by atoms with Crippen LogP contribution in [0.3, 0.4) is 0 Å². The van der Waals surface area contributed by atoms with Crippen molar-refractivity contribution < 1.29 is 19.1 Å². The minimum Gasteiger partial charge on any atom is -0.482 e. The molecule has 0 unspecified atom stereocenters. The molecule has 31 heavy (non-hydrogen) atoms. The molecule has 0 aliphatic carbocycles.